The van der Waals surface area contributed by atoms with Gasteiger partial charge in [-0.3, -0.25) is 0 Å². The molecule has 1 N–H and O–H groups in total. The predicted octanol–water partition coefficient (Wildman–Crippen LogP) is 1.83. The van der Waals surface area contributed by atoms with Crippen molar-refractivity contribution in [3.05, 3.63) is 29.8 Å². The van der Waals surface area contributed by atoms with Crippen LogP contribution >= 0.6 is 0 Å². The summed E-state index contributed by atoms with van der Waals surface area (Å²) in [5, 5.41) is 2.99. The van der Waals surface area contributed by atoms with Crippen molar-refractivity contribution in [2.75, 3.05) is 44.0 Å². The molecule has 1 aromatic rings. The van der Waals surface area contributed by atoms with Crippen molar-refractivity contribution in [3.8, 4) is 0 Å². The number of carbonyl (C=O) groups excluding carboxylic acids is 1. The number of hydrogen-bond acceptors (Lipinski definition) is 4. The van der Waals surface area contributed by atoms with Crippen LogP contribution in [0.3, 0.4) is 0 Å². The lowest BCUT2D eigenvalue weighted by Gasteiger charge is -2.37. The molecule has 6 nitrogen and oxygen atoms in total. The fourth-order valence-corrected chi connectivity index (χ4v) is 4.50. The molecule has 2 heterocycles. The first-order valence-electron chi connectivity index (χ1n) is 8.85. The predicted molar refractivity (Wildman–Crippen MR) is 99.6 cm³/mol. The van der Waals surface area contributed by atoms with Gasteiger partial charge in [0.05, 0.1) is 11.8 Å². The fraction of sp³-hybridized carbons (Fsp3) is 0.611. The zero-order valence-corrected chi connectivity index (χ0v) is 15.8. The minimum absolute atomic E-state index is 0.0334. The maximum absolute atomic E-state index is 12.7. The average Bonchev–Trinajstić information content (AvgIpc) is 2.93. The average molecular weight is 365 g/mol. The molecule has 0 unspecified atom stereocenters. The first kappa shape index (κ1) is 18.2. The van der Waals surface area contributed by atoms with Gasteiger partial charge in [-0.25, -0.2) is 13.2 Å². The number of piperidine rings is 1. The van der Waals surface area contributed by atoms with Gasteiger partial charge in [-0.1, -0.05) is 12.1 Å². The Bertz CT molecular complexity index is 718. The van der Waals surface area contributed by atoms with Crippen molar-refractivity contribution < 1.29 is 13.2 Å². The Kier molecular flexibility index (Phi) is 5.34. The molecule has 0 radical (unpaired) electrons. The maximum Gasteiger partial charge on any atom is 0.322 e. The Morgan fingerprint density at radius 3 is 2.64 bits per heavy atom. The number of amides is 2. The van der Waals surface area contributed by atoms with E-state index in [1.807, 2.05) is 29.2 Å². The van der Waals surface area contributed by atoms with Crippen molar-refractivity contribution in [2.24, 2.45) is 5.92 Å². The summed E-state index contributed by atoms with van der Waals surface area (Å²) >= 11 is 0. The summed E-state index contributed by atoms with van der Waals surface area (Å²) in [6.07, 6.45) is 4.00. The number of likely N-dealkylation sites (tertiary alicyclic amines) is 2. The SMILES string of the molecule is CN1C[C@@H]2CCCN(C(=O)Nc3ccc(CCS(C)(=O)=O)cc3)[C@@H]2C1. The standard InChI is InChI=1S/C18H27N3O3S/c1-20-12-15-4-3-10-21(17(15)13-20)18(22)19-16-7-5-14(6-8-16)9-11-25(2,23)24/h5-8,15,17H,3-4,9-13H2,1-2H3,(H,19,22)/t15-,17+/m0/s1. The van der Waals surface area contributed by atoms with E-state index in [-0.39, 0.29) is 11.8 Å². The Labute approximate surface area is 150 Å². The number of likely N-dealkylation sites (N-methyl/N-ethyl adjacent to an activating group) is 1. The van der Waals surface area contributed by atoms with Crippen molar-refractivity contribution in [1.82, 2.24) is 9.80 Å². The Balaban J connectivity index is 1.59. The smallest absolute Gasteiger partial charge is 0.320 e. The van der Waals surface area contributed by atoms with Gasteiger partial charge in [-0.05, 0) is 49.9 Å². The molecule has 3 rings (SSSR count). The molecule has 0 aromatic heterocycles. The molecule has 2 aliphatic rings. The molecular weight excluding hydrogens is 338 g/mol. The summed E-state index contributed by atoms with van der Waals surface area (Å²) in [4.78, 5) is 17.0. The van der Waals surface area contributed by atoms with E-state index >= 15 is 0 Å². The van der Waals surface area contributed by atoms with Crippen LogP contribution < -0.4 is 5.32 Å². The van der Waals surface area contributed by atoms with Gasteiger partial charge in [0.1, 0.15) is 9.84 Å². The van der Waals surface area contributed by atoms with Crippen molar-refractivity contribution in [1.29, 1.82) is 0 Å². The number of carbonyl (C=O) groups is 1. The highest BCUT2D eigenvalue weighted by Crippen LogP contribution is 2.30. The first-order chi connectivity index (χ1) is 11.8. The first-order valence-corrected chi connectivity index (χ1v) is 10.9. The van der Waals surface area contributed by atoms with E-state index in [4.69, 9.17) is 0 Å². The number of hydrogen-bond donors (Lipinski definition) is 1. The number of aryl methyl sites for hydroxylation is 1. The number of anilines is 1. The number of nitrogens with one attached hydrogen (secondary N) is 1. The third kappa shape index (κ3) is 4.73. The Hall–Kier alpha value is -1.60. The van der Waals surface area contributed by atoms with Crippen LogP contribution in [0.5, 0.6) is 0 Å². The number of sulfone groups is 1. The van der Waals surface area contributed by atoms with Crippen molar-refractivity contribution in [3.63, 3.8) is 0 Å². The van der Waals surface area contributed by atoms with E-state index in [0.29, 0.717) is 18.4 Å². The van der Waals surface area contributed by atoms with Crippen LogP contribution in [0.2, 0.25) is 0 Å². The number of fused-ring (bicyclic) bond motifs is 1. The summed E-state index contributed by atoms with van der Waals surface area (Å²) in [7, 11) is -0.845. The highest BCUT2D eigenvalue weighted by atomic mass is 32.2. The van der Waals surface area contributed by atoms with Crippen LogP contribution in [0.4, 0.5) is 10.5 Å². The van der Waals surface area contributed by atoms with Crippen LogP contribution in [0.25, 0.3) is 0 Å². The fourth-order valence-electron chi connectivity index (χ4n) is 3.90. The van der Waals surface area contributed by atoms with E-state index < -0.39 is 9.84 Å². The summed E-state index contributed by atoms with van der Waals surface area (Å²) < 4.78 is 22.5. The maximum atomic E-state index is 12.7. The van der Waals surface area contributed by atoms with E-state index in [9.17, 15) is 13.2 Å². The molecule has 0 spiro atoms. The molecular formula is C18H27N3O3S. The normalized spacial score (nSPS) is 24.2. The van der Waals surface area contributed by atoms with Crippen LogP contribution in [-0.2, 0) is 16.3 Å². The molecule has 2 aliphatic heterocycles. The molecule has 138 valence electrons. The van der Waals surface area contributed by atoms with Gasteiger partial charge in [0.15, 0.2) is 0 Å². The zero-order valence-electron chi connectivity index (χ0n) is 14.9. The summed E-state index contributed by atoms with van der Waals surface area (Å²) in [5.41, 5.74) is 1.71. The van der Waals surface area contributed by atoms with Gasteiger partial charge < -0.3 is 15.1 Å². The molecule has 0 bridgehead atoms. The summed E-state index contributed by atoms with van der Waals surface area (Å²) in [6, 6.07) is 7.73. The van der Waals surface area contributed by atoms with Crippen molar-refractivity contribution >= 4 is 21.6 Å². The lowest BCUT2D eigenvalue weighted by Crippen LogP contribution is -2.50. The highest BCUT2D eigenvalue weighted by Gasteiger charge is 2.39. The van der Waals surface area contributed by atoms with Gasteiger partial charge in [0, 0.05) is 31.6 Å². The van der Waals surface area contributed by atoms with Crippen LogP contribution in [0.15, 0.2) is 24.3 Å². The second-order valence-electron chi connectivity index (χ2n) is 7.39. The van der Waals surface area contributed by atoms with Gasteiger partial charge in [-0.2, -0.15) is 0 Å². The van der Waals surface area contributed by atoms with E-state index in [2.05, 4.69) is 17.3 Å². The number of benzene rings is 1. The largest absolute Gasteiger partial charge is 0.322 e. The highest BCUT2D eigenvalue weighted by molar-refractivity contribution is 7.90. The van der Waals surface area contributed by atoms with Crippen LogP contribution in [0.1, 0.15) is 18.4 Å². The van der Waals surface area contributed by atoms with Crippen LogP contribution in [0, 0.1) is 5.92 Å². The third-order valence-electron chi connectivity index (χ3n) is 5.19. The third-order valence-corrected chi connectivity index (χ3v) is 6.14. The molecule has 1 aromatic carbocycles. The van der Waals surface area contributed by atoms with E-state index in [1.54, 1.807) is 0 Å². The van der Waals surface area contributed by atoms with E-state index in [0.717, 1.165) is 37.3 Å². The second-order valence-corrected chi connectivity index (χ2v) is 9.65. The minimum Gasteiger partial charge on any atom is -0.320 e. The molecule has 2 saturated heterocycles. The van der Waals surface area contributed by atoms with E-state index in [1.165, 1.54) is 12.7 Å². The minimum atomic E-state index is -2.96. The number of rotatable bonds is 4. The Morgan fingerprint density at radius 1 is 1.24 bits per heavy atom. The van der Waals surface area contributed by atoms with Crippen LogP contribution in [-0.4, -0.2) is 69.0 Å². The van der Waals surface area contributed by atoms with Gasteiger partial charge in [0.25, 0.3) is 0 Å². The molecule has 0 aliphatic carbocycles. The second kappa shape index (κ2) is 7.33. The molecule has 0 saturated carbocycles. The van der Waals surface area contributed by atoms with Crippen molar-refractivity contribution in [2.45, 2.75) is 25.3 Å². The lowest BCUT2D eigenvalue weighted by atomic mass is 9.92. The monoisotopic (exact) mass is 365 g/mol. The zero-order chi connectivity index (χ0) is 18.0. The van der Waals surface area contributed by atoms with Gasteiger partial charge in [0.2, 0.25) is 0 Å². The molecule has 25 heavy (non-hydrogen) atoms. The quantitative estimate of drug-likeness (QED) is 0.884. The number of urea groups is 1. The molecule has 2 atom stereocenters. The summed E-state index contributed by atoms with van der Waals surface area (Å²) in [6.45, 7) is 2.83. The number of nitrogens with zero attached hydrogens (tertiary/aromatic N) is 2. The molecule has 2 fully saturated rings. The molecule has 2 amide bonds. The van der Waals surface area contributed by atoms with Gasteiger partial charge in [-0.15, -0.1) is 0 Å². The Morgan fingerprint density at radius 2 is 1.96 bits per heavy atom. The summed E-state index contributed by atoms with van der Waals surface area (Å²) in [5.74, 6) is 0.728. The molecule has 7 heteroatoms. The lowest BCUT2D eigenvalue weighted by molar-refractivity contribution is 0.146. The topological polar surface area (TPSA) is 69.7 Å². The van der Waals surface area contributed by atoms with Gasteiger partial charge >= 0.3 is 6.03 Å².